The molecule has 0 bridgehead atoms. The SMILES string of the molecule is CC(CO)C(Nc1ccccn1)c1ccccc1. The Balaban J connectivity index is 2.21. The molecule has 1 heterocycles. The number of nitrogens with zero attached hydrogens (tertiary/aromatic N) is 1. The van der Waals surface area contributed by atoms with Crippen LogP contribution in [0.2, 0.25) is 0 Å². The van der Waals surface area contributed by atoms with Gasteiger partial charge in [-0.3, -0.25) is 0 Å². The highest BCUT2D eigenvalue weighted by molar-refractivity contribution is 5.38. The Labute approximate surface area is 108 Å². The first-order valence-corrected chi connectivity index (χ1v) is 6.14. The van der Waals surface area contributed by atoms with Crippen molar-refractivity contribution in [3.63, 3.8) is 0 Å². The van der Waals surface area contributed by atoms with Gasteiger partial charge < -0.3 is 10.4 Å². The average molecular weight is 242 g/mol. The highest BCUT2D eigenvalue weighted by Crippen LogP contribution is 2.25. The Morgan fingerprint density at radius 3 is 2.44 bits per heavy atom. The highest BCUT2D eigenvalue weighted by atomic mass is 16.3. The summed E-state index contributed by atoms with van der Waals surface area (Å²) in [5.41, 5.74) is 1.16. The molecule has 0 amide bonds. The van der Waals surface area contributed by atoms with Crippen LogP contribution >= 0.6 is 0 Å². The molecule has 3 heteroatoms. The molecule has 0 aliphatic carbocycles. The van der Waals surface area contributed by atoms with E-state index in [1.165, 1.54) is 0 Å². The van der Waals surface area contributed by atoms with Crippen LogP contribution in [-0.2, 0) is 0 Å². The lowest BCUT2D eigenvalue weighted by Crippen LogP contribution is -2.21. The minimum atomic E-state index is 0.0612. The van der Waals surface area contributed by atoms with Crippen LogP contribution in [0.1, 0.15) is 18.5 Å². The molecule has 0 radical (unpaired) electrons. The molecule has 0 aliphatic rings. The topological polar surface area (TPSA) is 45.1 Å². The van der Waals surface area contributed by atoms with Gasteiger partial charge in [-0.2, -0.15) is 0 Å². The Kier molecular flexibility index (Phi) is 4.31. The second kappa shape index (κ2) is 6.17. The third kappa shape index (κ3) is 3.08. The third-order valence-corrected chi connectivity index (χ3v) is 2.98. The Bertz CT molecular complexity index is 458. The van der Waals surface area contributed by atoms with Gasteiger partial charge in [0.05, 0.1) is 6.04 Å². The summed E-state index contributed by atoms with van der Waals surface area (Å²) in [5.74, 6) is 0.945. The van der Waals surface area contributed by atoms with Gasteiger partial charge in [-0.25, -0.2) is 4.98 Å². The number of anilines is 1. The fraction of sp³-hybridized carbons (Fsp3) is 0.267. The van der Waals surface area contributed by atoms with Crippen molar-refractivity contribution < 1.29 is 5.11 Å². The molecule has 94 valence electrons. The fourth-order valence-electron chi connectivity index (χ4n) is 1.93. The van der Waals surface area contributed by atoms with E-state index in [0.29, 0.717) is 0 Å². The van der Waals surface area contributed by atoms with Crippen LogP contribution in [0.5, 0.6) is 0 Å². The van der Waals surface area contributed by atoms with Crippen molar-refractivity contribution in [3.8, 4) is 0 Å². The van der Waals surface area contributed by atoms with Crippen LogP contribution in [0, 0.1) is 5.92 Å². The molecule has 2 rings (SSSR count). The van der Waals surface area contributed by atoms with E-state index in [1.807, 2.05) is 43.3 Å². The second-order valence-electron chi connectivity index (χ2n) is 4.41. The Morgan fingerprint density at radius 1 is 1.11 bits per heavy atom. The lowest BCUT2D eigenvalue weighted by atomic mass is 9.95. The number of hydrogen-bond acceptors (Lipinski definition) is 3. The van der Waals surface area contributed by atoms with Crippen LogP contribution in [0.15, 0.2) is 54.7 Å². The maximum Gasteiger partial charge on any atom is 0.126 e. The number of pyridine rings is 1. The molecule has 0 spiro atoms. The van der Waals surface area contributed by atoms with Crippen molar-refractivity contribution in [2.75, 3.05) is 11.9 Å². The molecule has 2 atom stereocenters. The summed E-state index contributed by atoms with van der Waals surface area (Å²) in [6, 6.07) is 16.0. The molecule has 2 unspecified atom stereocenters. The van der Waals surface area contributed by atoms with Crippen molar-refractivity contribution in [3.05, 3.63) is 60.3 Å². The van der Waals surface area contributed by atoms with Crippen molar-refractivity contribution in [1.82, 2.24) is 4.98 Å². The molecule has 0 saturated heterocycles. The fourth-order valence-corrected chi connectivity index (χ4v) is 1.93. The van der Waals surface area contributed by atoms with E-state index in [0.717, 1.165) is 11.4 Å². The van der Waals surface area contributed by atoms with Gasteiger partial charge in [-0.15, -0.1) is 0 Å². The van der Waals surface area contributed by atoms with Gasteiger partial charge in [0.15, 0.2) is 0 Å². The number of aliphatic hydroxyl groups excluding tert-OH is 1. The Morgan fingerprint density at radius 2 is 1.83 bits per heavy atom. The first-order valence-electron chi connectivity index (χ1n) is 6.14. The van der Waals surface area contributed by atoms with Gasteiger partial charge in [0.1, 0.15) is 5.82 Å². The zero-order valence-corrected chi connectivity index (χ0v) is 10.5. The number of aliphatic hydroxyl groups is 1. The van der Waals surface area contributed by atoms with Crippen LogP contribution in [0.4, 0.5) is 5.82 Å². The summed E-state index contributed by atoms with van der Waals surface area (Å²) in [4.78, 5) is 4.27. The maximum absolute atomic E-state index is 9.38. The third-order valence-electron chi connectivity index (χ3n) is 2.98. The van der Waals surface area contributed by atoms with E-state index >= 15 is 0 Å². The predicted octanol–water partition coefficient (Wildman–Crippen LogP) is 2.86. The highest BCUT2D eigenvalue weighted by Gasteiger charge is 2.18. The van der Waals surface area contributed by atoms with Gasteiger partial charge in [-0.1, -0.05) is 43.3 Å². The van der Waals surface area contributed by atoms with Crippen molar-refractivity contribution in [2.24, 2.45) is 5.92 Å². The first-order chi connectivity index (χ1) is 8.81. The minimum absolute atomic E-state index is 0.0612. The number of rotatable bonds is 5. The van der Waals surface area contributed by atoms with Crippen molar-refractivity contribution in [2.45, 2.75) is 13.0 Å². The van der Waals surface area contributed by atoms with Crippen LogP contribution in [-0.4, -0.2) is 16.7 Å². The van der Waals surface area contributed by atoms with E-state index in [-0.39, 0.29) is 18.6 Å². The molecule has 0 saturated carbocycles. The normalized spacial score (nSPS) is 13.9. The summed E-state index contributed by atoms with van der Waals surface area (Å²) < 4.78 is 0. The van der Waals surface area contributed by atoms with Crippen LogP contribution < -0.4 is 5.32 Å². The standard InChI is InChI=1S/C15H18N2O/c1-12(11-18)15(13-7-3-2-4-8-13)17-14-9-5-6-10-16-14/h2-10,12,15,18H,11H2,1H3,(H,16,17). The van der Waals surface area contributed by atoms with Crippen LogP contribution in [0.25, 0.3) is 0 Å². The molecule has 2 N–H and O–H groups in total. The average Bonchev–Trinajstić information content (AvgIpc) is 2.46. The van der Waals surface area contributed by atoms with E-state index in [2.05, 4.69) is 22.4 Å². The summed E-state index contributed by atoms with van der Waals surface area (Å²) >= 11 is 0. The van der Waals surface area contributed by atoms with Gasteiger partial charge >= 0.3 is 0 Å². The van der Waals surface area contributed by atoms with Crippen LogP contribution in [0.3, 0.4) is 0 Å². The van der Waals surface area contributed by atoms with E-state index in [9.17, 15) is 5.11 Å². The molecule has 3 nitrogen and oxygen atoms in total. The van der Waals surface area contributed by atoms with Crippen molar-refractivity contribution >= 4 is 5.82 Å². The molecule has 1 aromatic carbocycles. The number of nitrogens with one attached hydrogen (secondary N) is 1. The van der Waals surface area contributed by atoms with Crippen molar-refractivity contribution in [1.29, 1.82) is 0 Å². The largest absolute Gasteiger partial charge is 0.396 e. The molecule has 2 aromatic rings. The number of aromatic nitrogens is 1. The Hall–Kier alpha value is -1.87. The molecular formula is C15H18N2O. The van der Waals surface area contributed by atoms with E-state index < -0.39 is 0 Å². The molecular weight excluding hydrogens is 224 g/mol. The molecule has 1 aromatic heterocycles. The zero-order valence-electron chi connectivity index (χ0n) is 10.5. The summed E-state index contributed by atoms with van der Waals surface area (Å²) in [7, 11) is 0. The molecule has 0 fully saturated rings. The van der Waals surface area contributed by atoms with E-state index in [1.54, 1.807) is 6.20 Å². The molecule has 0 aliphatic heterocycles. The minimum Gasteiger partial charge on any atom is -0.396 e. The summed E-state index contributed by atoms with van der Waals surface area (Å²) in [6.07, 6.45) is 1.76. The summed E-state index contributed by atoms with van der Waals surface area (Å²) in [6.45, 7) is 2.16. The van der Waals surface area contributed by atoms with Gasteiger partial charge in [0.25, 0.3) is 0 Å². The lowest BCUT2D eigenvalue weighted by molar-refractivity contribution is 0.222. The number of benzene rings is 1. The summed E-state index contributed by atoms with van der Waals surface area (Å²) in [5, 5.41) is 12.8. The van der Waals surface area contributed by atoms with E-state index in [4.69, 9.17) is 0 Å². The zero-order chi connectivity index (χ0) is 12.8. The maximum atomic E-state index is 9.38. The smallest absolute Gasteiger partial charge is 0.126 e. The molecule has 18 heavy (non-hydrogen) atoms. The lowest BCUT2D eigenvalue weighted by Gasteiger charge is -2.24. The van der Waals surface area contributed by atoms with Gasteiger partial charge in [0, 0.05) is 18.7 Å². The number of hydrogen-bond donors (Lipinski definition) is 2. The monoisotopic (exact) mass is 242 g/mol. The first kappa shape index (κ1) is 12.6. The predicted molar refractivity (Wildman–Crippen MR) is 73.3 cm³/mol. The van der Waals surface area contributed by atoms with Gasteiger partial charge in [-0.05, 0) is 17.7 Å². The quantitative estimate of drug-likeness (QED) is 0.847. The van der Waals surface area contributed by atoms with Gasteiger partial charge in [0.2, 0.25) is 0 Å². The second-order valence-corrected chi connectivity index (χ2v) is 4.41.